The van der Waals surface area contributed by atoms with Crippen LogP contribution in [-0.4, -0.2) is 19.5 Å². The van der Waals surface area contributed by atoms with Crippen LogP contribution >= 0.6 is 0 Å². The Morgan fingerprint density at radius 1 is 1.12 bits per heavy atom. The van der Waals surface area contributed by atoms with Crippen LogP contribution in [0.25, 0.3) is 0 Å². The van der Waals surface area contributed by atoms with Crippen molar-refractivity contribution in [3.8, 4) is 0 Å². The Labute approximate surface area is 147 Å². The zero-order valence-electron chi connectivity index (χ0n) is 14.8. The molecule has 0 amide bonds. The number of allylic oxidation sites excluding steroid dienone is 1. The van der Waals surface area contributed by atoms with E-state index in [1.807, 2.05) is 0 Å². The fraction of sp³-hybridized carbons (Fsp3) is 0.632. The second-order valence-electron chi connectivity index (χ2n) is 6.12. The first-order valence-corrected chi connectivity index (χ1v) is 10.5. The Kier molecular flexibility index (Phi) is 10.6. The number of nitrogens with zero attached hydrogens (tertiary/aromatic N) is 1. The molecule has 1 rings (SSSR count). The van der Waals surface area contributed by atoms with Crippen LogP contribution in [0.5, 0.6) is 0 Å². The number of rotatable bonds is 14. The van der Waals surface area contributed by atoms with Crippen molar-refractivity contribution in [2.45, 2.75) is 82.3 Å². The van der Waals surface area contributed by atoms with E-state index in [9.17, 15) is 8.42 Å². The van der Waals surface area contributed by atoms with Gasteiger partial charge in [-0.3, -0.25) is 4.18 Å². The summed E-state index contributed by atoms with van der Waals surface area (Å²) in [5.74, 6) is 0. The summed E-state index contributed by atoms with van der Waals surface area (Å²) in [4.78, 5) is 3.89. The Hall–Kier alpha value is -1.20. The maximum absolute atomic E-state index is 12.3. The van der Waals surface area contributed by atoms with Crippen molar-refractivity contribution in [1.29, 1.82) is 0 Å². The highest BCUT2D eigenvalue weighted by Gasteiger charge is 2.22. The van der Waals surface area contributed by atoms with E-state index in [0.717, 1.165) is 25.7 Å². The van der Waals surface area contributed by atoms with Crippen LogP contribution in [0, 0.1) is 0 Å². The third kappa shape index (κ3) is 8.60. The summed E-state index contributed by atoms with van der Waals surface area (Å²) in [6.45, 7) is 5.92. The summed E-state index contributed by atoms with van der Waals surface area (Å²) in [6.07, 6.45) is 13.6. The van der Waals surface area contributed by atoms with E-state index in [0.29, 0.717) is 6.42 Å². The zero-order valence-corrected chi connectivity index (χ0v) is 15.6. The van der Waals surface area contributed by atoms with Crippen LogP contribution in [-0.2, 0) is 14.3 Å². The molecule has 0 spiro atoms. The maximum Gasteiger partial charge on any atom is 0.314 e. The number of aromatic nitrogens is 1. The van der Waals surface area contributed by atoms with Gasteiger partial charge in [0, 0.05) is 6.20 Å². The second kappa shape index (κ2) is 12.2. The molecule has 24 heavy (non-hydrogen) atoms. The third-order valence-electron chi connectivity index (χ3n) is 3.98. The minimum absolute atomic E-state index is 0.0202. The number of pyridine rings is 1. The normalized spacial score (nSPS) is 12.9. The van der Waals surface area contributed by atoms with E-state index in [1.54, 1.807) is 18.2 Å². The van der Waals surface area contributed by atoms with Gasteiger partial charge in [0.25, 0.3) is 0 Å². The summed E-state index contributed by atoms with van der Waals surface area (Å²) < 4.78 is 30.0. The molecule has 0 aliphatic carbocycles. The third-order valence-corrected chi connectivity index (χ3v) is 5.26. The quantitative estimate of drug-likeness (QED) is 0.260. The lowest BCUT2D eigenvalue weighted by Crippen LogP contribution is -2.19. The molecule has 0 saturated heterocycles. The number of hydrogen-bond donors (Lipinski definition) is 0. The predicted octanol–water partition coefficient (Wildman–Crippen LogP) is 5.26. The van der Waals surface area contributed by atoms with Crippen LogP contribution < -0.4 is 0 Å². The van der Waals surface area contributed by atoms with Gasteiger partial charge in [-0.1, -0.05) is 64.0 Å². The van der Waals surface area contributed by atoms with Gasteiger partial charge >= 0.3 is 10.1 Å². The Balaban J connectivity index is 2.45. The van der Waals surface area contributed by atoms with Crippen LogP contribution in [0.3, 0.4) is 0 Å². The smallest absolute Gasteiger partial charge is 0.262 e. The topological polar surface area (TPSA) is 56.3 Å². The van der Waals surface area contributed by atoms with Gasteiger partial charge in [0.2, 0.25) is 0 Å². The molecule has 0 radical (unpaired) electrons. The van der Waals surface area contributed by atoms with E-state index in [1.165, 1.54) is 44.4 Å². The highest BCUT2D eigenvalue weighted by molar-refractivity contribution is 7.86. The van der Waals surface area contributed by atoms with Gasteiger partial charge in [-0.25, -0.2) is 4.98 Å². The minimum Gasteiger partial charge on any atom is -0.262 e. The number of hydrogen-bond acceptors (Lipinski definition) is 4. The lowest BCUT2D eigenvalue weighted by Gasteiger charge is -2.16. The lowest BCUT2D eigenvalue weighted by molar-refractivity contribution is 0.184. The van der Waals surface area contributed by atoms with Gasteiger partial charge in [0.1, 0.15) is 0 Å². The Bertz CT molecular complexity index is 543. The van der Waals surface area contributed by atoms with Crippen LogP contribution in [0.15, 0.2) is 42.1 Å². The van der Waals surface area contributed by atoms with E-state index in [4.69, 9.17) is 4.18 Å². The molecule has 1 aromatic rings. The molecular formula is C19H31NO3S. The van der Waals surface area contributed by atoms with E-state index < -0.39 is 10.1 Å². The molecule has 1 unspecified atom stereocenters. The summed E-state index contributed by atoms with van der Waals surface area (Å²) in [5, 5.41) is -0.0202. The fourth-order valence-corrected chi connectivity index (χ4v) is 3.68. The van der Waals surface area contributed by atoms with Gasteiger partial charge in [-0.05, 0) is 31.4 Å². The van der Waals surface area contributed by atoms with E-state index >= 15 is 0 Å². The first kappa shape index (κ1) is 20.8. The summed E-state index contributed by atoms with van der Waals surface area (Å²) in [7, 11) is -3.79. The van der Waals surface area contributed by atoms with Crippen LogP contribution in [0.1, 0.15) is 71.1 Å². The monoisotopic (exact) mass is 353 g/mol. The summed E-state index contributed by atoms with van der Waals surface area (Å²) in [5.41, 5.74) is 0. The Morgan fingerprint density at radius 3 is 2.46 bits per heavy atom. The van der Waals surface area contributed by atoms with Gasteiger partial charge < -0.3 is 0 Å². The van der Waals surface area contributed by atoms with Crippen LogP contribution in [0.4, 0.5) is 0 Å². The Morgan fingerprint density at radius 2 is 1.83 bits per heavy atom. The van der Waals surface area contributed by atoms with Crippen molar-refractivity contribution in [1.82, 2.24) is 4.98 Å². The molecule has 0 aromatic carbocycles. The highest BCUT2D eigenvalue weighted by Crippen LogP contribution is 2.19. The van der Waals surface area contributed by atoms with E-state index in [-0.39, 0.29) is 11.1 Å². The molecule has 1 heterocycles. The first-order valence-electron chi connectivity index (χ1n) is 9.05. The van der Waals surface area contributed by atoms with Gasteiger partial charge in [0.15, 0.2) is 5.03 Å². The molecule has 5 heteroatoms. The van der Waals surface area contributed by atoms with E-state index in [2.05, 4.69) is 18.5 Å². The van der Waals surface area contributed by atoms with Crippen molar-refractivity contribution < 1.29 is 12.6 Å². The average molecular weight is 354 g/mol. The van der Waals surface area contributed by atoms with Gasteiger partial charge in [-0.15, -0.1) is 6.58 Å². The predicted molar refractivity (Wildman–Crippen MR) is 98.3 cm³/mol. The van der Waals surface area contributed by atoms with Crippen molar-refractivity contribution in [2.75, 3.05) is 0 Å². The minimum atomic E-state index is -3.79. The standard InChI is InChI=1S/C19H31NO3S/c1-3-5-7-8-9-10-11-15-18(14-6-4-2)23-24(21,22)19-16-12-13-17-20-19/h4,12-13,16-18H,2-3,5-11,14-15H2,1H3. The SMILES string of the molecule is C=CCCC(CCCCCCCCC)OS(=O)(=O)c1ccccn1. The summed E-state index contributed by atoms with van der Waals surface area (Å²) in [6, 6.07) is 4.80. The first-order chi connectivity index (χ1) is 11.6. The molecule has 1 aromatic heterocycles. The second-order valence-corrected chi connectivity index (χ2v) is 7.64. The lowest BCUT2D eigenvalue weighted by atomic mass is 10.0. The summed E-state index contributed by atoms with van der Waals surface area (Å²) >= 11 is 0. The van der Waals surface area contributed by atoms with Crippen LogP contribution in [0.2, 0.25) is 0 Å². The molecule has 4 nitrogen and oxygen atoms in total. The maximum atomic E-state index is 12.3. The largest absolute Gasteiger partial charge is 0.314 e. The molecule has 0 N–H and O–H groups in total. The molecular weight excluding hydrogens is 322 g/mol. The molecule has 1 atom stereocenters. The van der Waals surface area contributed by atoms with Crippen molar-refractivity contribution in [2.24, 2.45) is 0 Å². The van der Waals surface area contributed by atoms with Crippen molar-refractivity contribution in [3.05, 3.63) is 37.1 Å². The molecule has 0 aliphatic rings. The van der Waals surface area contributed by atoms with Gasteiger partial charge in [-0.2, -0.15) is 8.42 Å². The molecule has 0 fully saturated rings. The average Bonchev–Trinajstić information content (AvgIpc) is 2.59. The number of unbranched alkanes of at least 4 members (excludes halogenated alkanes) is 6. The van der Waals surface area contributed by atoms with Crippen molar-refractivity contribution >= 4 is 10.1 Å². The zero-order chi connectivity index (χ0) is 17.7. The molecule has 0 aliphatic heterocycles. The molecule has 0 saturated carbocycles. The highest BCUT2D eigenvalue weighted by atomic mass is 32.2. The van der Waals surface area contributed by atoms with Gasteiger partial charge in [0.05, 0.1) is 6.10 Å². The van der Waals surface area contributed by atoms with Crippen molar-refractivity contribution in [3.63, 3.8) is 0 Å². The fourth-order valence-electron chi connectivity index (χ4n) is 2.60. The molecule has 0 bridgehead atoms. The molecule has 136 valence electrons.